The molecule has 1 N–H and O–H groups in total. The topological polar surface area (TPSA) is 54.7 Å². The minimum Gasteiger partial charge on any atom is -0.484 e. The Morgan fingerprint density at radius 1 is 1.16 bits per heavy atom. The number of nitrogens with one attached hydrogen (secondary N) is 1. The number of aryl methyl sites for hydroxylation is 1. The minimum atomic E-state index is -0.231. The molecule has 1 amide bonds. The van der Waals surface area contributed by atoms with Gasteiger partial charge in [-0.1, -0.05) is 48.3 Å². The van der Waals surface area contributed by atoms with Crippen LogP contribution >= 0.6 is 35.4 Å². The smallest absolute Gasteiger partial charge is 0.281 e. The molecule has 2 heterocycles. The van der Waals surface area contributed by atoms with Gasteiger partial charge in [-0.25, -0.2) is 0 Å². The number of anilines is 1. The molecule has 1 aliphatic heterocycles. The molecule has 0 unspecified atom stereocenters. The first-order chi connectivity index (χ1) is 15.0. The molecule has 1 aliphatic rings. The van der Waals surface area contributed by atoms with Crippen LogP contribution in [0.25, 0.3) is 6.08 Å². The lowest BCUT2D eigenvalue weighted by molar-refractivity contribution is -0.113. The third-order valence-electron chi connectivity index (χ3n) is 4.72. The van der Waals surface area contributed by atoms with E-state index in [9.17, 15) is 4.79 Å². The molecule has 2 aromatic carbocycles. The highest BCUT2D eigenvalue weighted by atomic mass is 35.5. The lowest BCUT2D eigenvalue weighted by Crippen LogP contribution is -2.31. The van der Waals surface area contributed by atoms with Gasteiger partial charge in [0.1, 0.15) is 29.6 Å². The van der Waals surface area contributed by atoms with Crippen LogP contribution in [0.5, 0.6) is 5.75 Å². The van der Waals surface area contributed by atoms with Crippen molar-refractivity contribution in [3.63, 3.8) is 0 Å². The highest BCUT2D eigenvalue weighted by Gasteiger charge is 2.33. The van der Waals surface area contributed by atoms with Crippen LogP contribution in [0.3, 0.4) is 0 Å². The van der Waals surface area contributed by atoms with Crippen LogP contribution in [0.2, 0.25) is 10.0 Å². The molecule has 1 aromatic heterocycles. The largest absolute Gasteiger partial charge is 0.484 e. The van der Waals surface area contributed by atoms with E-state index in [0.29, 0.717) is 38.1 Å². The van der Waals surface area contributed by atoms with Crippen molar-refractivity contribution in [1.29, 1.82) is 0 Å². The van der Waals surface area contributed by atoms with Gasteiger partial charge in [0.05, 0.1) is 10.7 Å². The Kier molecular flexibility index (Phi) is 6.32. The van der Waals surface area contributed by atoms with Crippen LogP contribution in [-0.2, 0) is 17.8 Å². The first-order valence-corrected chi connectivity index (χ1v) is 10.7. The molecular weight excluding hydrogens is 455 g/mol. The summed E-state index contributed by atoms with van der Waals surface area (Å²) in [6, 6.07) is 16.2. The molecule has 0 atom stereocenters. The standard InChI is InChI=1S/C23H18Cl2N2O3S/c1-2-14-5-3-4-6-20(14)27-22(28)19(26-23(27)31)12-16-8-9-17(30-16)13-29-21-11-15(24)7-10-18(21)25/h3-12H,2,13H2,1H3,(H,26,31)/b19-12+. The van der Waals surface area contributed by atoms with E-state index in [1.54, 1.807) is 36.4 Å². The number of para-hydroxylation sites is 1. The van der Waals surface area contributed by atoms with Gasteiger partial charge in [-0.2, -0.15) is 0 Å². The Labute approximate surface area is 195 Å². The van der Waals surface area contributed by atoms with Crippen molar-refractivity contribution in [3.8, 4) is 5.75 Å². The number of furan rings is 1. The Bertz CT molecular complexity index is 1190. The Morgan fingerprint density at radius 3 is 2.77 bits per heavy atom. The Hall–Kier alpha value is -2.80. The summed E-state index contributed by atoms with van der Waals surface area (Å²) in [7, 11) is 0. The van der Waals surface area contributed by atoms with Crippen LogP contribution in [0, 0.1) is 0 Å². The van der Waals surface area contributed by atoms with Gasteiger partial charge in [-0.05, 0) is 54.5 Å². The minimum absolute atomic E-state index is 0.166. The molecule has 3 aromatic rings. The second kappa shape index (κ2) is 9.14. The maximum atomic E-state index is 13.0. The van der Waals surface area contributed by atoms with Crippen LogP contribution in [0.15, 0.2) is 64.7 Å². The van der Waals surface area contributed by atoms with Crippen molar-refractivity contribution in [2.45, 2.75) is 20.0 Å². The SMILES string of the molecule is CCc1ccccc1N1C(=O)/C(=C\c2ccc(COc3cc(Cl)ccc3Cl)o2)NC1=S. The third-order valence-corrected chi connectivity index (χ3v) is 5.56. The Morgan fingerprint density at radius 2 is 1.97 bits per heavy atom. The van der Waals surface area contributed by atoms with E-state index in [4.69, 9.17) is 44.6 Å². The fourth-order valence-corrected chi connectivity index (χ4v) is 3.84. The van der Waals surface area contributed by atoms with Gasteiger partial charge >= 0.3 is 0 Å². The van der Waals surface area contributed by atoms with Crippen molar-refractivity contribution >= 4 is 58.2 Å². The van der Waals surface area contributed by atoms with Crippen molar-refractivity contribution < 1.29 is 13.9 Å². The summed E-state index contributed by atoms with van der Waals surface area (Å²) in [5.41, 5.74) is 2.16. The molecule has 158 valence electrons. The summed E-state index contributed by atoms with van der Waals surface area (Å²) in [5, 5.41) is 4.30. The van der Waals surface area contributed by atoms with E-state index in [1.165, 1.54) is 4.90 Å². The summed E-state index contributed by atoms with van der Waals surface area (Å²) < 4.78 is 11.5. The average Bonchev–Trinajstić information content (AvgIpc) is 3.32. The number of hydrogen-bond acceptors (Lipinski definition) is 4. The van der Waals surface area contributed by atoms with E-state index in [-0.39, 0.29) is 12.5 Å². The van der Waals surface area contributed by atoms with Gasteiger partial charge in [-0.15, -0.1) is 0 Å². The van der Waals surface area contributed by atoms with Gasteiger partial charge in [-0.3, -0.25) is 9.69 Å². The van der Waals surface area contributed by atoms with Crippen LogP contribution in [-0.4, -0.2) is 11.0 Å². The molecule has 0 spiro atoms. The van der Waals surface area contributed by atoms with Gasteiger partial charge < -0.3 is 14.5 Å². The normalized spacial score (nSPS) is 14.9. The molecule has 5 nitrogen and oxygen atoms in total. The van der Waals surface area contributed by atoms with Crippen molar-refractivity contribution in [3.05, 3.63) is 87.4 Å². The summed E-state index contributed by atoms with van der Waals surface area (Å²) in [6.45, 7) is 2.20. The molecule has 8 heteroatoms. The zero-order valence-electron chi connectivity index (χ0n) is 16.5. The van der Waals surface area contributed by atoms with Crippen LogP contribution in [0.4, 0.5) is 5.69 Å². The highest BCUT2D eigenvalue weighted by Crippen LogP contribution is 2.29. The number of halogens is 2. The molecule has 31 heavy (non-hydrogen) atoms. The molecule has 4 rings (SSSR count). The number of rotatable bonds is 6. The number of thiocarbonyl (C=S) groups is 1. The number of amides is 1. The molecule has 0 radical (unpaired) electrons. The predicted octanol–water partition coefficient (Wildman–Crippen LogP) is 5.99. The quantitative estimate of drug-likeness (QED) is 0.352. The molecular formula is C23H18Cl2N2O3S. The summed E-state index contributed by atoms with van der Waals surface area (Å²) in [6.07, 6.45) is 2.42. The molecule has 0 saturated carbocycles. The van der Waals surface area contributed by atoms with E-state index in [2.05, 4.69) is 5.32 Å². The van der Waals surface area contributed by atoms with Crippen LogP contribution < -0.4 is 15.0 Å². The number of nitrogens with zero attached hydrogens (tertiary/aromatic N) is 1. The lowest BCUT2D eigenvalue weighted by Gasteiger charge is -2.17. The van der Waals surface area contributed by atoms with Gasteiger partial charge in [0.25, 0.3) is 5.91 Å². The predicted molar refractivity (Wildman–Crippen MR) is 127 cm³/mol. The van der Waals surface area contributed by atoms with Gasteiger partial charge in [0.2, 0.25) is 0 Å². The van der Waals surface area contributed by atoms with Gasteiger partial charge in [0, 0.05) is 17.2 Å². The number of benzene rings is 2. The van der Waals surface area contributed by atoms with Crippen LogP contribution in [0.1, 0.15) is 24.0 Å². The average molecular weight is 473 g/mol. The molecule has 1 fully saturated rings. The van der Waals surface area contributed by atoms with Crippen molar-refractivity contribution in [1.82, 2.24) is 5.32 Å². The number of carbonyl (C=O) groups is 1. The highest BCUT2D eigenvalue weighted by molar-refractivity contribution is 7.80. The zero-order chi connectivity index (χ0) is 22.0. The maximum Gasteiger partial charge on any atom is 0.281 e. The molecule has 0 bridgehead atoms. The Balaban J connectivity index is 1.49. The third kappa shape index (κ3) is 4.61. The fourth-order valence-electron chi connectivity index (χ4n) is 3.21. The number of hydrogen-bond donors (Lipinski definition) is 1. The summed E-state index contributed by atoms with van der Waals surface area (Å²) in [4.78, 5) is 14.5. The zero-order valence-corrected chi connectivity index (χ0v) is 18.9. The summed E-state index contributed by atoms with van der Waals surface area (Å²) >= 11 is 17.5. The lowest BCUT2D eigenvalue weighted by atomic mass is 10.1. The van der Waals surface area contributed by atoms with E-state index >= 15 is 0 Å². The second-order valence-electron chi connectivity index (χ2n) is 6.78. The van der Waals surface area contributed by atoms with E-state index in [0.717, 1.165) is 17.7 Å². The first-order valence-electron chi connectivity index (χ1n) is 9.58. The molecule has 1 saturated heterocycles. The number of carbonyl (C=O) groups excluding carboxylic acids is 1. The fraction of sp³-hybridized carbons (Fsp3) is 0.130. The van der Waals surface area contributed by atoms with Crippen molar-refractivity contribution in [2.75, 3.05) is 4.90 Å². The monoisotopic (exact) mass is 472 g/mol. The number of ether oxygens (including phenoxy) is 1. The second-order valence-corrected chi connectivity index (χ2v) is 8.01. The van der Waals surface area contributed by atoms with Gasteiger partial charge in [0.15, 0.2) is 5.11 Å². The maximum absolute atomic E-state index is 13.0. The van der Waals surface area contributed by atoms with E-state index in [1.807, 2.05) is 31.2 Å². The first kappa shape index (κ1) is 21.4. The van der Waals surface area contributed by atoms with E-state index < -0.39 is 0 Å². The molecule has 0 aliphatic carbocycles. The van der Waals surface area contributed by atoms with Crippen molar-refractivity contribution in [2.24, 2.45) is 0 Å². The summed E-state index contributed by atoms with van der Waals surface area (Å²) in [5.74, 6) is 1.31.